The molecule has 0 radical (unpaired) electrons. The quantitative estimate of drug-likeness (QED) is 0.403. The van der Waals surface area contributed by atoms with E-state index in [4.69, 9.17) is 14.2 Å². The Labute approximate surface area is 218 Å². The zero-order valence-electron chi connectivity index (χ0n) is 20.7. The molecule has 1 amide bonds. The molecule has 2 atom stereocenters. The molecule has 0 fully saturated rings. The molecule has 1 aliphatic heterocycles. The highest BCUT2D eigenvalue weighted by atomic mass is 32.2. The SMILES string of the molecule is CC(C)(O)CCOc1cccc(Oc2cccc3c2CC[C@H]3Oc2ccc(C3=CC(=O)NS3=O)cc2)c1. The minimum Gasteiger partial charge on any atom is -0.493 e. The van der Waals surface area contributed by atoms with Crippen molar-refractivity contribution < 1.29 is 28.3 Å². The second-order valence-electron chi connectivity index (χ2n) is 9.72. The Bertz CT molecular complexity index is 1360. The molecule has 1 heterocycles. The molecule has 7 nitrogen and oxygen atoms in total. The lowest BCUT2D eigenvalue weighted by Gasteiger charge is -2.17. The van der Waals surface area contributed by atoms with Crippen molar-refractivity contribution in [1.29, 1.82) is 0 Å². The van der Waals surface area contributed by atoms with E-state index in [9.17, 15) is 14.1 Å². The fraction of sp³-hybridized carbons (Fsp3) is 0.276. The van der Waals surface area contributed by atoms with Crippen LogP contribution in [0, 0.1) is 0 Å². The van der Waals surface area contributed by atoms with Gasteiger partial charge in [-0.1, -0.05) is 30.3 Å². The number of aliphatic hydroxyl groups is 1. The van der Waals surface area contributed by atoms with Crippen LogP contribution in [0.3, 0.4) is 0 Å². The van der Waals surface area contributed by atoms with Gasteiger partial charge in [0.25, 0.3) is 5.91 Å². The summed E-state index contributed by atoms with van der Waals surface area (Å²) in [4.78, 5) is 11.9. The molecule has 0 saturated heterocycles. The minimum atomic E-state index is -1.52. The van der Waals surface area contributed by atoms with Crippen LogP contribution < -0.4 is 18.9 Å². The van der Waals surface area contributed by atoms with Gasteiger partial charge in [0.1, 0.15) is 29.1 Å². The Morgan fingerprint density at radius 1 is 1.03 bits per heavy atom. The van der Waals surface area contributed by atoms with Gasteiger partial charge in [0.05, 0.1) is 17.1 Å². The molecule has 0 bridgehead atoms. The summed E-state index contributed by atoms with van der Waals surface area (Å²) in [7, 11) is -1.52. The lowest BCUT2D eigenvalue weighted by Crippen LogP contribution is -2.21. The van der Waals surface area contributed by atoms with Gasteiger partial charge in [-0.05, 0) is 68.1 Å². The van der Waals surface area contributed by atoms with Gasteiger partial charge in [0.15, 0.2) is 11.0 Å². The largest absolute Gasteiger partial charge is 0.493 e. The van der Waals surface area contributed by atoms with E-state index in [0.29, 0.717) is 35.2 Å². The Balaban J connectivity index is 1.26. The summed E-state index contributed by atoms with van der Waals surface area (Å²) in [5.41, 5.74) is 2.16. The number of ether oxygens (including phenoxy) is 3. The van der Waals surface area contributed by atoms with Crippen molar-refractivity contribution >= 4 is 21.8 Å². The van der Waals surface area contributed by atoms with Crippen LogP contribution in [-0.4, -0.2) is 27.4 Å². The lowest BCUT2D eigenvalue weighted by molar-refractivity contribution is -0.114. The highest BCUT2D eigenvalue weighted by Crippen LogP contribution is 2.41. The van der Waals surface area contributed by atoms with E-state index in [2.05, 4.69) is 10.8 Å². The molecular weight excluding hydrogens is 490 g/mol. The van der Waals surface area contributed by atoms with E-state index in [1.165, 1.54) is 6.08 Å². The van der Waals surface area contributed by atoms with Gasteiger partial charge >= 0.3 is 0 Å². The zero-order valence-corrected chi connectivity index (χ0v) is 21.5. The van der Waals surface area contributed by atoms with E-state index in [-0.39, 0.29) is 12.0 Å². The molecule has 0 saturated carbocycles. The molecule has 37 heavy (non-hydrogen) atoms. The average molecular weight is 520 g/mol. The third-order valence-corrected chi connectivity index (χ3v) is 7.40. The first-order valence-corrected chi connectivity index (χ1v) is 13.4. The monoisotopic (exact) mass is 519 g/mol. The topological polar surface area (TPSA) is 94.1 Å². The van der Waals surface area contributed by atoms with Crippen LogP contribution in [0.5, 0.6) is 23.0 Å². The molecule has 0 aromatic heterocycles. The first kappa shape index (κ1) is 25.0. The third kappa shape index (κ3) is 6.03. The molecule has 5 rings (SSSR count). The number of carbonyl (C=O) groups is 1. The van der Waals surface area contributed by atoms with Crippen molar-refractivity contribution in [3.05, 3.63) is 89.5 Å². The summed E-state index contributed by atoms with van der Waals surface area (Å²) >= 11 is 0. The molecule has 0 spiro atoms. The zero-order chi connectivity index (χ0) is 26.0. The van der Waals surface area contributed by atoms with Gasteiger partial charge in [-0.25, -0.2) is 4.21 Å². The number of rotatable bonds is 9. The number of amides is 1. The molecule has 2 N–H and O–H groups in total. The standard InChI is InChI=1S/C29H29NO6S/c1-29(2,32)15-16-34-21-5-3-6-22(17-21)36-25-8-4-7-23-24(25)13-14-26(23)35-20-11-9-19(10-12-20)27-18-28(31)30-37(27)33/h3-12,17-18,26,32H,13-16H2,1-2H3,(H,30,31)/t26-,37?/m1/s1. The van der Waals surface area contributed by atoms with Crippen molar-refractivity contribution in [1.82, 2.24) is 4.72 Å². The van der Waals surface area contributed by atoms with Gasteiger partial charge in [0.2, 0.25) is 0 Å². The van der Waals surface area contributed by atoms with Gasteiger partial charge < -0.3 is 19.3 Å². The maximum absolute atomic E-state index is 12.0. The second-order valence-corrected chi connectivity index (χ2v) is 10.9. The highest BCUT2D eigenvalue weighted by molar-refractivity contribution is 7.93. The first-order chi connectivity index (χ1) is 17.7. The lowest BCUT2D eigenvalue weighted by atomic mass is 10.1. The van der Waals surface area contributed by atoms with Crippen molar-refractivity contribution in [2.24, 2.45) is 0 Å². The van der Waals surface area contributed by atoms with E-state index in [1.54, 1.807) is 13.8 Å². The second kappa shape index (κ2) is 10.4. The van der Waals surface area contributed by atoms with Gasteiger partial charge in [-0.15, -0.1) is 0 Å². The molecule has 8 heteroatoms. The van der Waals surface area contributed by atoms with E-state index < -0.39 is 16.6 Å². The third-order valence-electron chi connectivity index (χ3n) is 6.26. The molecule has 1 aliphatic carbocycles. The maximum Gasteiger partial charge on any atom is 0.257 e. The molecule has 1 unspecified atom stereocenters. The molecule has 3 aromatic carbocycles. The van der Waals surface area contributed by atoms with Crippen LogP contribution in [0.15, 0.2) is 72.8 Å². The van der Waals surface area contributed by atoms with Crippen LogP contribution >= 0.6 is 0 Å². The van der Waals surface area contributed by atoms with Gasteiger partial charge in [-0.2, -0.15) is 0 Å². The predicted molar refractivity (Wildman–Crippen MR) is 142 cm³/mol. The van der Waals surface area contributed by atoms with E-state index in [1.807, 2.05) is 60.7 Å². The average Bonchev–Trinajstić information content (AvgIpc) is 3.42. The summed E-state index contributed by atoms with van der Waals surface area (Å²) in [6.07, 6.45) is 3.44. The van der Waals surface area contributed by atoms with Crippen LogP contribution in [0.2, 0.25) is 0 Å². The smallest absolute Gasteiger partial charge is 0.257 e. The van der Waals surface area contributed by atoms with Crippen molar-refractivity contribution in [2.45, 2.75) is 44.8 Å². The fourth-order valence-electron chi connectivity index (χ4n) is 4.37. The summed E-state index contributed by atoms with van der Waals surface area (Å²) < 4.78 is 32.7. The number of carbonyl (C=O) groups excluding carboxylic acids is 1. The Morgan fingerprint density at radius 3 is 2.51 bits per heavy atom. The Kier molecular flexibility index (Phi) is 7.04. The van der Waals surface area contributed by atoms with Crippen LogP contribution in [0.25, 0.3) is 4.91 Å². The van der Waals surface area contributed by atoms with Crippen LogP contribution in [0.1, 0.15) is 49.5 Å². The van der Waals surface area contributed by atoms with Crippen molar-refractivity contribution in [3.8, 4) is 23.0 Å². The summed E-state index contributed by atoms with van der Waals surface area (Å²) in [5, 5.41) is 9.88. The van der Waals surface area contributed by atoms with Crippen molar-refractivity contribution in [3.63, 3.8) is 0 Å². The van der Waals surface area contributed by atoms with Gasteiger partial charge in [0, 0.05) is 24.1 Å². The summed E-state index contributed by atoms with van der Waals surface area (Å²) in [5.74, 6) is 2.52. The molecule has 192 valence electrons. The Hall–Kier alpha value is -3.62. The van der Waals surface area contributed by atoms with Crippen LogP contribution in [0.4, 0.5) is 0 Å². The number of hydrogen-bond donors (Lipinski definition) is 2. The fourth-order valence-corrected chi connectivity index (χ4v) is 5.29. The summed E-state index contributed by atoms with van der Waals surface area (Å²) in [6.45, 7) is 3.94. The van der Waals surface area contributed by atoms with E-state index >= 15 is 0 Å². The van der Waals surface area contributed by atoms with Crippen molar-refractivity contribution in [2.75, 3.05) is 6.61 Å². The number of hydrogen-bond acceptors (Lipinski definition) is 6. The first-order valence-electron chi connectivity index (χ1n) is 12.2. The number of nitrogens with one attached hydrogen (secondary N) is 1. The maximum atomic E-state index is 12.0. The minimum absolute atomic E-state index is 0.107. The Morgan fingerprint density at radius 2 is 1.78 bits per heavy atom. The molecule has 2 aliphatic rings. The normalized spacial score (nSPS) is 18.7. The van der Waals surface area contributed by atoms with Gasteiger partial charge in [-0.3, -0.25) is 9.52 Å². The van der Waals surface area contributed by atoms with Crippen LogP contribution in [-0.2, 0) is 22.2 Å². The molecule has 3 aromatic rings. The summed E-state index contributed by atoms with van der Waals surface area (Å²) in [6, 6.07) is 20.8. The number of fused-ring (bicyclic) bond motifs is 1. The van der Waals surface area contributed by atoms with E-state index in [0.717, 1.165) is 35.3 Å². The molecular formula is C29H29NO6S. The number of benzene rings is 3. The predicted octanol–water partition coefficient (Wildman–Crippen LogP) is 5.22. The highest BCUT2D eigenvalue weighted by Gasteiger charge is 2.27.